The molecular formula is C16H14BrNO3. The average Bonchev–Trinajstić information content (AvgIpc) is 2.40. The molecule has 0 aromatic heterocycles. The van der Waals surface area contributed by atoms with Gasteiger partial charge in [0.1, 0.15) is 0 Å². The Morgan fingerprint density at radius 2 is 1.81 bits per heavy atom. The van der Waals surface area contributed by atoms with Gasteiger partial charge in [-0.1, -0.05) is 46.3 Å². The van der Waals surface area contributed by atoms with Crippen LogP contribution in [0.5, 0.6) is 0 Å². The third kappa shape index (κ3) is 4.72. The zero-order valence-electron chi connectivity index (χ0n) is 11.2. The highest BCUT2D eigenvalue weighted by Crippen LogP contribution is 2.17. The highest BCUT2D eigenvalue weighted by Gasteiger charge is 2.10. The molecule has 0 radical (unpaired) electrons. The number of nitrogens with one attached hydrogen (secondary N) is 1. The minimum Gasteiger partial charge on any atom is -0.481 e. The summed E-state index contributed by atoms with van der Waals surface area (Å²) in [6.07, 6.45) is 0.119. The van der Waals surface area contributed by atoms with E-state index in [4.69, 9.17) is 5.11 Å². The summed E-state index contributed by atoms with van der Waals surface area (Å²) in [6, 6.07) is 14.4. The van der Waals surface area contributed by atoms with Gasteiger partial charge in [-0.05, 0) is 29.3 Å². The van der Waals surface area contributed by atoms with Gasteiger partial charge in [-0.15, -0.1) is 0 Å². The third-order valence-electron chi connectivity index (χ3n) is 2.89. The van der Waals surface area contributed by atoms with E-state index in [0.29, 0.717) is 11.3 Å². The summed E-state index contributed by atoms with van der Waals surface area (Å²) in [5.74, 6) is -1.10. The molecule has 4 nitrogen and oxygen atoms in total. The zero-order chi connectivity index (χ0) is 15.2. The molecule has 0 aliphatic carbocycles. The predicted molar refractivity (Wildman–Crippen MR) is 84.3 cm³/mol. The van der Waals surface area contributed by atoms with Crippen LogP contribution in [0.2, 0.25) is 0 Å². The molecule has 0 bridgehead atoms. The van der Waals surface area contributed by atoms with E-state index in [1.54, 1.807) is 24.3 Å². The molecule has 2 rings (SSSR count). The standard InChI is InChI=1S/C16H14BrNO3/c17-13-6-3-4-11(8-13)9-15(19)18-14-7-2-1-5-12(14)10-16(20)21/h1-8H,9-10H2,(H,18,19)(H,20,21). The molecule has 2 aromatic rings. The van der Waals surface area contributed by atoms with Gasteiger partial charge in [0.25, 0.3) is 0 Å². The smallest absolute Gasteiger partial charge is 0.307 e. The Hall–Kier alpha value is -2.14. The van der Waals surface area contributed by atoms with Crippen molar-refractivity contribution in [3.8, 4) is 0 Å². The van der Waals surface area contributed by atoms with Crippen molar-refractivity contribution in [2.45, 2.75) is 12.8 Å². The van der Waals surface area contributed by atoms with Crippen LogP contribution in [-0.4, -0.2) is 17.0 Å². The molecule has 21 heavy (non-hydrogen) atoms. The number of anilines is 1. The van der Waals surface area contributed by atoms with Crippen molar-refractivity contribution in [3.63, 3.8) is 0 Å². The van der Waals surface area contributed by atoms with E-state index in [0.717, 1.165) is 10.0 Å². The highest BCUT2D eigenvalue weighted by molar-refractivity contribution is 9.10. The van der Waals surface area contributed by atoms with Gasteiger partial charge in [-0.25, -0.2) is 0 Å². The number of aliphatic carboxylic acids is 1. The zero-order valence-corrected chi connectivity index (χ0v) is 12.8. The number of carbonyl (C=O) groups excluding carboxylic acids is 1. The summed E-state index contributed by atoms with van der Waals surface area (Å²) in [5.41, 5.74) is 2.02. The topological polar surface area (TPSA) is 66.4 Å². The minimum atomic E-state index is -0.927. The van der Waals surface area contributed by atoms with Crippen molar-refractivity contribution < 1.29 is 14.7 Å². The highest BCUT2D eigenvalue weighted by atomic mass is 79.9. The minimum absolute atomic E-state index is 0.118. The van der Waals surface area contributed by atoms with E-state index in [1.165, 1.54) is 0 Å². The van der Waals surface area contributed by atoms with Crippen LogP contribution in [0.3, 0.4) is 0 Å². The lowest BCUT2D eigenvalue weighted by Gasteiger charge is -2.10. The Balaban J connectivity index is 2.07. The number of hydrogen-bond donors (Lipinski definition) is 2. The van der Waals surface area contributed by atoms with Gasteiger partial charge < -0.3 is 10.4 Å². The summed E-state index contributed by atoms with van der Waals surface area (Å²) < 4.78 is 0.916. The molecule has 5 heteroatoms. The summed E-state index contributed by atoms with van der Waals surface area (Å²) in [7, 11) is 0. The quantitative estimate of drug-likeness (QED) is 0.872. The Labute approximate surface area is 130 Å². The molecule has 1 amide bonds. The molecule has 0 atom stereocenters. The van der Waals surface area contributed by atoms with Crippen molar-refractivity contribution >= 4 is 33.5 Å². The van der Waals surface area contributed by atoms with E-state index in [1.807, 2.05) is 24.3 Å². The SMILES string of the molecule is O=C(O)Cc1ccccc1NC(=O)Cc1cccc(Br)c1. The number of para-hydroxylation sites is 1. The normalized spacial score (nSPS) is 10.1. The fourth-order valence-electron chi connectivity index (χ4n) is 1.99. The molecule has 0 fully saturated rings. The molecule has 0 aliphatic heterocycles. The molecule has 0 unspecified atom stereocenters. The van der Waals surface area contributed by atoms with Gasteiger partial charge >= 0.3 is 5.97 Å². The van der Waals surface area contributed by atoms with Crippen LogP contribution < -0.4 is 5.32 Å². The van der Waals surface area contributed by atoms with E-state index >= 15 is 0 Å². The first kappa shape index (κ1) is 15.3. The van der Waals surface area contributed by atoms with Gasteiger partial charge in [-0.2, -0.15) is 0 Å². The molecule has 0 spiro atoms. The maximum Gasteiger partial charge on any atom is 0.307 e. The van der Waals surface area contributed by atoms with Crippen molar-refractivity contribution in [2.24, 2.45) is 0 Å². The second-order valence-electron chi connectivity index (χ2n) is 4.58. The van der Waals surface area contributed by atoms with Crippen LogP contribution in [0.1, 0.15) is 11.1 Å². The molecule has 2 aromatic carbocycles. The fraction of sp³-hybridized carbons (Fsp3) is 0.125. The summed E-state index contributed by atoms with van der Waals surface area (Å²) in [4.78, 5) is 22.9. The molecule has 108 valence electrons. The summed E-state index contributed by atoms with van der Waals surface area (Å²) >= 11 is 3.36. The Kier molecular flexibility index (Phi) is 5.11. The Bertz CT molecular complexity index is 670. The van der Waals surface area contributed by atoms with Gasteiger partial charge in [0, 0.05) is 10.2 Å². The number of carboxylic acid groups (broad SMARTS) is 1. The number of hydrogen-bond acceptors (Lipinski definition) is 2. The average molecular weight is 348 g/mol. The second-order valence-corrected chi connectivity index (χ2v) is 5.50. The predicted octanol–water partition coefficient (Wildman–Crippen LogP) is 3.26. The Morgan fingerprint density at radius 1 is 1.05 bits per heavy atom. The van der Waals surface area contributed by atoms with Gasteiger partial charge in [0.2, 0.25) is 5.91 Å². The van der Waals surface area contributed by atoms with Crippen LogP contribution in [0.4, 0.5) is 5.69 Å². The van der Waals surface area contributed by atoms with Gasteiger partial charge in [0.05, 0.1) is 12.8 Å². The molecule has 0 aliphatic rings. The number of rotatable bonds is 5. The first-order valence-electron chi connectivity index (χ1n) is 6.38. The second kappa shape index (κ2) is 7.04. The third-order valence-corrected chi connectivity index (χ3v) is 3.38. The number of carboxylic acids is 1. The van der Waals surface area contributed by atoms with E-state index in [2.05, 4.69) is 21.2 Å². The van der Waals surface area contributed by atoms with Crippen LogP contribution in [0.15, 0.2) is 53.0 Å². The van der Waals surface area contributed by atoms with E-state index in [-0.39, 0.29) is 18.7 Å². The lowest BCUT2D eigenvalue weighted by Crippen LogP contribution is -2.16. The monoisotopic (exact) mass is 347 g/mol. The lowest BCUT2D eigenvalue weighted by atomic mass is 10.1. The van der Waals surface area contributed by atoms with E-state index < -0.39 is 5.97 Å². The molecule has 0 saturated carbocycles. The van der Waals surface area contributed by atoms with Crippen molar-refractivity contribution in [1.82, 2.24) is 0 Å². The fourth-order valence-corrected chi connectivity index (χ4v) is 2.43. The van der Waals surface area contributed by atoms with Gasteiger partial charge in [-0.3, -0.25) is 9.59 Å². The number of halogens is 1. The van der Waals surface area contributed by atoms with Crippen LogP contribution in [0, 0.1) is 0 Å². The lowest BCUT2D eigenvalue weighted by molar-refractivity contribution is -0.136. The first-order valence-corrected chi connectivity index (χ1v) is 7.18. The maximum absolute atomic E-state index is 12.1. The van der Waals surface area contributed by atoms with Crippen molar-refractivity contribution in [3.05, 3.63) is 64.1 Å². The molecular weight excluding hydrogens is 334 g/mol. The summed E-state index contributed by atoms with van der Waals surface area (Å²) in [5, 5.41) is 11.6. The van der Waals surface area contributed by atoms with Gasteiger partial charge in [0.15, 0.2) is 0 Å². The first-order chi connectivity index (χ1) is 10.0. The number of amides is 1. The number of carbonyl (C=O) groups is 2. The van der Waals surface area contributed by atoms with E-state index in [9.17, 15) is 9.59 Å². The van der Waals surface area contributed by atoms with Crippen molar-refractivity contribution in [2.75, 3.05) is 5.32 Å². The maximum atomic E-state index is 12.1. The van der Waals surface area contributed by atoms with Crippen molar-refractivity contribution in [1.29, 1.82) is 0 Å². The summed E-state index contributed by atoms with van der Waals surface area (Å²) in [6.45, 7) is 0. The Morgan fingerprint density at radius 3 is 2.52 bits per heavy atom. The molecule has 0 saturated heterocycles. The van der Waals surface area contributed by atoms with Crippen LogP contribution in [0.25, 0.3) is 0 Å². The molecule has 2 N–H and O–H groups in total. The van der Waals surface area contributed by atoms with Crippen LogP contribution in [-0.2, 0) is 22.4 Å². The largest absolute Gasteiger partial charge is 0.481 e. The van der Waals surface area contributed by atoms with Crippen LogP contribution >= 0.6 is 15.9 Å². The number of benzene rings is 2. The molecule has 0 heterocycles.